The molecule has 0 saturated heterocycles. The number of carboxylic acid groups (broad SMARTS) is 2. The van der Waals surface area contributed by atoms with Crippen molar-refractivity contribution in [3.8, 4) is 11.5 Å². The average molecular weight is 440 g/mol. The van der Waals surface area contributed by atoms with Crippen LogP contribution in [0.1, 0.15) is 24.8 Å². The molecule has 168 valence electrons. The molecule has 6 N–H and O–H groups in total. The number of aliphatic hydroxyl groups is 2. The van der Waals surface area contributed by atoms with Crippen molar-refractivity contribution in [3.63, 3.8) is 0 Å². The lowest BCUT2D eigenvalue weighted by Crippen LogP contribution is -2.58. The fraction of sp³-hybridized carbons (Fsp3) is 0.368. The van der Waals surface area contributed by atoms with E-state index in [-0.39, 0.29) is 5.75 Å². The van der Waals surface area contributed by atoms with Gasteiger partial charge >= 0.3 is 23.9 Å². The molecule has 0 heterocycles. The van der Waals surface area contributed by atoms with Crippen LogP contribution in [0.15, 0.2) is 24.3 Å². The predicted octanol–water partition coefficient (Wildman–Crippen LogP) is -0.620. The number of ether oxygens (including phenoxy) is 2. The second-order valence-corrected chi connectivity index (χ2v) is 6.89. The van der Waals surface area contributed by atoms with Crippen molar-refractivity contribution in [2.45, 2.75) is 43.2 Å². The van der Waals surface area contributed by atoms with E-state index in [1.807, 2.05) is 0 Å². The van der Waals surface area contributed by atoms with E-state index in [2.05, 4.69) is 0 Å². The predicted molar refractivity (Wildman–Crippen MR) is 98.6 cm³/mol. The Labute approximate surface area is 174 Å². The number of carbonyl (C=O) groups is 4. The molecule has 1 saturated carbocycles. The van der Waals surface area contributed by atoms with E-state index in [1.165, 1.54) is 18.2 Å². The Hall–Kier alpha value is -3.64. The van der Waals surface area contributed by atoms with Crippen LogP contribution in [0.4, 0.5) is 0 Å². The summed E-state index contributed by atoms with van der Waals surface area (Å²) >= 11 is 0. The molecule has 0 aromatic heterocycles. The zero-order chi connectivity index (χ0) is 23.3. The van der Waals surface area contributed by atoms with Crippen molar-refractivity contribution in [1.82, 2.24) is 0 Å². The van der Waals surface area contributed by atoms with E-state index in [1.54, 1.807) is 0 Å². The third-order valence-electron chi connectivity index (χ3n) is 4.47. The van der Waals surface area contributed by atoms with Crippen LogP contribution >= 0.6 is 0 Å². The van der Waals surface area contributed by atoms with Crippen molar-refractivity contribution in [3.05, 3.63) is 29.8 Å². The van der Waals surface area contributed by atoms with Gasteiger partial charge in [-0.1, -0.05) is 6.07 Å². The maximum absolute atomic E-state index is 12.1. The zero-order valence-corrected chi connectivity index (χ0v) is 15.9. The average Bonchev–Trinajstić information content (AvgIpc) is 2.64. The van der Waals surface area contributed by atoms with E-state index >= 15 is 0 Å². The van der Waals surface area contributed by atoms with E-state index in [0.29, 0.717) is 5.56 Å². The number of benzene rings is 1. The fourth-order valence-corrected chi connectivity index (χ4v) is 3.00. The number of hydrogen-bond acceptors (Lipinski definition) is 10. The van der Waals surface area contributed by atoms with E-state index in [4.69, 9.17) is 14.6 Å². The van der Waals surface area contributed by atoms with Gasteiger partial charge in [-0.3, -0.25) is 9.59 Å². The van der Waals surface area contributed by atoms with Crippen LogP contribution in [-0.4, -0.2) is 78.4 Å². The molecule has 1 aromatic rings. The highest BCUT2D eigenvalue weighted by molar-refractivity contribution is 5.90. The zero-order valence-electron chi connectivity index (χ0n) is 15.9. The number of phenolic OH excluding ortho intramolecular Hbond substituents is 2. The third-order valence-corrected chi connectivity index (χ3v) is 4.47. The van der Waals surface area contributed by atoms with Gasteiger partial charge in [-0.25, -0.2) is 9.59 Å². The largest absolute Gasteiger partial charge is 0.504 e. The van der Waals surface area contributed by atoms with Crippen LogP contribution in [0.5, 0.6) is 11.5 Å². The van der Waals surface area contributed by atoms with Gasteiger partial charge in [0.2, 0.25) is 0 Å². The first kappa shape index (κ1) is 23.6. The van der Waals surface area contributed by atoms with Crippen LogP contribution < -0.4 is 0 Å². The van der Waals surface area contributed by atoms with Gasteiger partial charge in [-0.2, -0.15) is 0 Å². The molecule has 1 fully saturated rings. The van der Waals surface area contributed by atoms with Gasteiger partial charge < -0.3 is 40.1 Å². The first-order chi connectivity index (χ1) is 14.4. The molecule has 0 aliphatic heterocycles. The molecule has 1 aliphatic rings. The molecule has 2 rings (SSSR count). The minimum absolute atomic E-state index is 0.307. The van der Waals surface area contributed by atoms with Gasteiger partial charge in [0.25, 0.3) is 0 Å². The van der Waals surface area contributed by atoms with Gasteiger partial charge in [-0.15, -0.1) is 0 Å². The summed E-state index contributed by atoms with van der Waals surface area (Å²) in [6.07, 6.45) is -5.41. The standard InChI is InChI=1S/C19H20O12/c20-10-3-1-9(5-11(10)21)2-4-15(25)31-17-12(22)7-19(29,18(27)28)8-13(17)30-16(26)6-14(23)24/h1-5,12-13,17,20-22,29H,6-8H2,(H,23,24)(H,27,28)/b4-2+/t12-,13-,17-,19+/m1/s1. The lowest BCUT2D eigenvalue weighted by atomic mass is 9.79. The van der Waals surface area contributed by atoms with Gasteiger partial charge in [0.05, 0.1) is 6.10 Å². The molecule has 0 radical (unpaired) electrons. The van der Waals surface area contributed by atoms with Crippen molar-refractivity contribution >= 4 is 30.0 Å². The Morgan fingerprint density at radius 3 is 2.32 bits per heavy atom. The Bertz CT molecular complexity index is 907. The lowest BCUT2D eigenvalue weighted by molar-refractivity contribution is -0.206. The number of carbonyl (C=O) groups excluding carboxylic acids is 2. The molecular weight excluding hydrogens is 420 g/mol. The highest BCUT2D eigenvalue weighted by atomic mass is 16.6. The van der Waals surface area contributed by atoms with Crippen molar-refractivity contribution in [2.75, 3.05) is 0 Å². The SMILES string of the molecule is O=C(O)CC(=O)O[C@@H]1C[C@](O)(C(=O)O)C[C@@H](O)[C@H]1OC(=O)/C=C/c1ccc(O)c(O)c1. The van der Waals surface area contributed by atoms with Crippen LogP contribution in [0.25, 0.3) is 6.08 Å². The maximum atomic E-state index is 12.1. The van der Waals surface area contributed by atoms with E-state index in [0.717, 1.165) is 12.1 Å². The van der Waals surface area contributed by atoms with Crippen LogP contribution in [0.3, 0.4) is 0 Å². The summed E-state index contributed by atoms with van der Waals surface area (Å²) < 4.78 is 9.91. The molecule has 0 amide bonds. The quantitative estimate of drug-likeness (QED) is 0.136. The minimum atomic E-state index is -2.49. The van der Waals surface area contributed by atoms with E-state index < -0.39 is 72.8 Å². The lowest BCUT2D eigenvalue weighted by Gasteiger charge is -2.40. The van der Waals surface area contributed by atoms with Crippen LogP contribution in [-0.2, 0) is 28.7 Å². The molecule has 31 heavy (non-hydrogen) atoms. The topological polar surface area (TPSA) is 208 Å². The summed E-state index contributed by atoms with van der Waals surface area (Å²) in [5.74, 6) is -6.36. The molecule has 12 nitrogen and oxygen atoms in total. The number of hydrogen-bond donors (Lipinski definition) is 6. The molecule has 0 bridgehead atoms. The Kier molecular flexibility index (Phi) is 7.20. The van der Waals surface area contributed by atoms with Crippen molar-refractivity contribution in [2.24, 2.45) is 0 Å². The van der Waals surface area contributed by atoms with Crippen LogP contribution in [0.2, 0.25) is 0 Å². The number of phenols is 2. The van der Waals surface area contributed by atoms with E-state index in [9.17, 15) is 44.7 Å². The first-order valence-electron chi connectivity index (χ1n) is 8.87. The summed E-state index contributed by atoms with van der Waals surface area (Å²) in [5.41, 5.74) is -2.18. The highest BCUT2D eigenvalue weighted by Gasteiger charge is 2.52. The summed E-state index contributed by atoms with van der Waals surface area (Å²) in [7, 11) is 0. The smallest absolute Gasteiger partial charge is 0.335 e. The second kappa shape index (κ2) is 9.45. The van der Waals surface area contributed by atoms with Gasteiger partial charge in [0.1, 0.15) is 12.5 Å². The van der Waals surface area contributed by atoms with Gasteiger partial charge in [0, 0.05) is 18.9 Å². The monoisotopic (exact) mass is 440 g/mol. The summed E-state index contributed by atoms with van der Waals surface area (Å²) in [4.78, 5) is 45.8. The number of esters is 2. The Balaban J connectivity index is 2.17. The van der Waals surface area contributed by atoms with Crippen molar-refractivity contribution < 1.29 is 59.3 Å². The number of aliphatic carboxylic acids is 2. The molecule has 1 aliphatic carbocycles. The molecule has 0 unspecified atom stereocenters. The number of carboxylic acids is 2. The Morgan fingerprint density at radius 1 is 1.06 bits per heavy atom. The number of aliphatic hydroxyl groups excluding tert-OH is 1. The number of rotatable bonds is 7. The fourth-order valence-electron chi connectivity index (χ4n) is 3.00. The summed E-state index contributed by atoms with van der Waals surface area (Å²) in [5, 5.41) is 56.9. The minimum Gasteiger partial charge on any atom is -0.504 e. The normalized spacial score (nSPS) is 25.7. The van der Waals surface area contributed by atoms with Gasteiger partial charge in [-0.05, 0) is 23.8 Å². The number of aromatic hydroxyl groups is 2. The summed E-state index contributed by atoms with van der Waals surface area (Å²) in [6.45, 7) is 0. The van der Waals surface area contributed by atoms with Crippen molar-refractivity contribution in [1.29, 1.82) is 0 Å². The molecule has 1 aromatic carbocycles. The molecule has 12 heteroatoms. The Morgan fingerprint density at radius 2 is 1.74 bits per heavy atom. The first-order valence-corrected chi connectivity index (χ1v) is 8.87. The highest BCUT2D eigenvalue weighted by Crippen LogP contribution is 2.33. The molecular formula is C19H20O12. The summed E-state index contributed by atoms with van der Waals surface area (Å²) in [6, 6.07) is 3.70. The molecule has 0 spiro atoms. The third kappa shape index (κ3) is 6.17. The maximum Gasteiger partial charge on any atom is 0.335 e. The van der Waals surface area contributed by atoms with Gasteiger partial charge in [0.15, 0.2) is 23.2 Å². The van der Waals surface area contributed by atoms with Crippen LogP contribution in [0, 0.1) is 0 Å². The second-order valence-electron chi connectivity index (χ2n) is 6.89. The molecule has 4 atom stereocenters.